The van der Waals surface area contributed by atoms with Crippen molar-refractivity contribution in [2.75, 3.05) is 0 Å². The number of hydrogen-bond donors (Lipinski definition) is 0. The van der Waals surface area contributed by atoms with Crippen molar-refractivity contribution in [2.24, 2.45) is 0 Å². The van der Waals surface area contributed by atoms with E-state index in [4.69, 9.17) is 9.51 Å². The second-order valence-electron chi connectivity index (χ2n) is 6.92. The summed E-state index contributed by atoms with van der Waals surface area (Å²) in [5.41, 5.74) is 2.34. The smallest absolute Gasteiger partial charge is 0.267 e. The molecule has 0 saturated heterocycles. The number of aryl methyl sites for hydroxylation is 1. The number of fused-ring (bicyclic) bond motifs is 1. The van der Waals surface area contributed by atoms with Crippen molar-refractivity contribution < 1.29 is 4.52 Å². The van der Waals surface area contributed by atoms with Gasteiger partial charge >= 0.3 is 0 Å². The Morgan fingerprint density at radius 2 is 1.77 bits per heavy atom. The normalized spacial score (nSPS) is 11.1. The number of benzene rings is 2. The molecule has 8 heteroatoms. The Bertz CT molecular complexity index is 1410. The van der Waals surface area contributed by atoms with Gasteiger partial charge in [-0.25, -0.2) is 14.5 Å². The van der Waals surface area contributed by atoms with Crippen LogP contribution in [0.5, 0.6) is 0 Å². The van der Waals surface area contributed by atoms with E-state index >= 15 is 0 Å². The first kappa shape index (κ1) is 19.2. The van der Waals surface area contributed by atoms with Gasteiger partial charge in [-0.3, -0.25) is 4.79 Å². The zero-order valence-corrected chi connectivity index (χ0v) is 17.4. The van der Waals surface area contributed by atoms with E-state index in [0.717, 1.165) is 11.1 Å². The van der Waals surface area contributed by atoms with Crippen molar-refractivity contribution in [1.82, 2.24) is 24.7 Å². The third-order valence-electron chi connectivity index (χ3n) is 4.69. The van der Waals surface area contributed by atoms with E-state index in [2.05, 4.69) is 15.1 Å². The predicted molar refractivity (Wildman–Crippen MR) is 119 cm³/mol. The summed E-state index contributed by atoms with van der Waals surface area (Å²) in [4.78, 5) is 26.9. The van der Waals surface area contributed by atoms with Crippen molar-refractivity contribution in [3.05, 3.63) is 94.7 Å². The molecule has 0 spiro atoms. The fourth-order valence-electron chi connectivity index (χ4n) is 3.14. The Morgan fingerprint density at radius 3 is 2.58 bits per heavy atom. The minimum Gasteiger partial charge on any atom is -0.334 e. The van der Waals surface area contributed by atoms with Crippen molar-refractivity contribution >= 4 is 22.7 Å². The van der Waals surface area contributed by atoms with Gasteiger partial charge in [-0.1, -0.05) is 53.3 Å². The minimum atomic E-state index is -0.164. The molecule has 0 N–H and O–H groups in total. The van der Waals surface area contributed by atoms with Crippen LogP contribution >= 0.6 is 11.8 Å². The Kier molecular flexibility index (Phi) is 5.05. The van der Waals surface area contributed by atoms with E-state index in [1.54, 1.807) is 12.3 Å². The van der Waals surface area contributed by atoms with E-state index in [1.807, 2.05) is 67.6 Å². The Labute approximate surface area is 181 Å². The van der Waals surface area contributed by atoms with Gasteiger partial charge in [-0.15, -0.1) is 0 Å². The number of thioether (sulfide) groups is 1. The van der Waals surface area contributed by atoms with Crippen LogP contribution in [0.15, 0.2) is 87.4 Å². The van der Waals surface area contributed by atoms with Crippen LogP contribution < -0.4 is 5.56 Å². The van der Waals surface area contributed by atoms with Gasteiger partial charge in [-0.05, 0) is 42.8 Å². The van der Waals surface area contributed by atoms with E-state index in [9.17, 15) is 4.79 Å². The fraction of sp³-hybridized carbons (Fsp3) is 0.0870. The molecule has 5 rings (SSSR count). The van der Waals surface area contributed by atoms with Crippen molar-refractivity contribution in [3.63, 3.8) is 0 Å². The molecule has 0 radical (unpaired) electrons. The van der Waals surface area contributed by atoms with Gasteiger partial charge in [0.1, 0.15) is 5.82 Å². The molecular weight excluding hydrogens is 410 g/mol. The van der Waals surface area contributed by atoms with Crippen LogP contribution in [0.3, 0.4) is 0 Å². The average Bonchev–Trinajstić information content (AvgIpc) is 3.28. The second kappa shape index (κ2) is 8.16. The monoisotopic (exact) mass is 427 g/mol. The van der Waals surface area contributed by atoms with Crippen LogP contribution in [-0.2, 0) is 5.75 Å². The zero-order chi connectivity index (χ0) is 21.2. The lowest BCUT2D eigenvalue weighted by atomic mass is 10.2. The average molecular weight is 427 g/mol. The van der Waals surface area contributed by atoms with Crippen molar-refractivity contribution in [3.8, 4) is 17.3 Å². The van der Waals surface area contributed by atoms with Crippen LogP contribution in [0.1, 0.15) is 11.4 Å². The Morgan fingerprint density at radius 1 is 0.968 bits per heavy atom. The highest BCUT2D eigenvalue weighted by Gasteiger charge is 2.16. The molecular formula is C23H17N5O2S. The van der Waals surface area contributed by atoms with Crippen LogP contribution in [0.2, 0.25) is 0 Å². The summed E-state index contributed by atoms with van der Waals surface area (Å²) in [6.45, 7) is 1.95. The molecule has 0 aliphatic rings. The highest BCUT2D eigenvalue weighted by atomic mass is 32.2. The Balaban J connectivity index is 1.52. The first-order valence-corrected chi connectivity index (χ1v) is 10.6. The molecule has 31 heavy (non-hydrogen) atoms. The summed E-state index contributed by atoms with van der Waals surface area (Å²) >= 11 is 1.36. The molecule has 0 fully saturated rings. The maximum Gasteiger partial charge on any atom is 0.267 e. The summed E-state index contributed by atoms with van der Waals surface area (Å²) in [5, 5.41) is 5.13. The highest BCUT2D eigenvalue weighted by molar-refractivity contribution is 7.98. The van der Waals surface area contributed by atoms with Gasteiger partial charge < -0.3 is 4.52 Å². The molecule has 7 nitrogen and oxygen atoms in total. The molecule has 0 aliphatic carbocycles. The molecule has 3 heterocycles. The molecule has 2 aromatic carbocycles. The van der Waals surface area contributed by atoms with Gasteiger partial charge in [0.15, 0.2) is 11.0 Å². The summed E-state index contributed by atoms with van der Waals surface area (Å²) in [7, 11) is 0. The number of hydrogen-bond acceptors (Lipinski definition) is 7. The van der Waals surface area contributed by atoms with Gasteiger partial charge in [-0.2, -0.15) is 4.98 Å². The quantitative estimate of drug-likeness (QED) is 0.303. The van der Waals surface area contributed by atoms with Gasteiger partial charge in [0.2, 0.25) is 0 Å². The topological polar surface area (TPSA) is 86.7 Å². The maximum absolute atomic E-state index is 13.3. The van der Waals surface area contributed by atoms with E-state index in [0.29, 0.717) is 39.3 Å². The molecule has 0 amide bonds. The molecule has 0 unspecified atom stereocenters. The van der Waals surface area contributed by atoms with E-state index in [-0.39, 0.29) is 5.56 Å². The fourth-order valence-corrected chi connectivity index (χ4v) is 3.99. The van der Waals surface area contributed by atoms with Gasteiger partial charge in [0.25, 0.3) is 11.4 Å². The molecule has 152 valence electrons. The highest BCUT2D eigenvalue weighted by Crippen LogP contribution is 2.24. The maximum atomic E-state index is 13.3. The first-order valence-electron chi connectivity index (χ1n) is 9.65. The lowest BCUT2D eigenvalue weighted by molar-refractivity contribution is 0.425. The number of para-hydroxylation sites is 1. The van der Waals surface area contributed by atoms with E-state index in [1.165, 1.54) is 16.3 Å². The first-order chi connectivity index (χ1) is 15.2. The summed E-state index contributed by atoms with van der Waals surface area (Å²) in [6.07, 6.45) is 1.73. The molecule has 0 atom stereocenters. The largest absolute Gasteiger partial charge is 0.334 e. The van der Waals surface area contributed by atoms with Gasteiger partial charge in [0, 0.05) is 11.8 Å². The van der Waals surface area contributed by atoms with Crippen LogP contribution in [0.4, 0.5) is 0 Å². The molecule has 5 aromatic rings. The number of pyridine rings is 1. The number of nitrogens with zero attached hydrogens (tertiary/aromatic N) is 5. The van der Waals surface area contributed by atoms with Crippen LogP contribution in [0, 0.1) is 6.92 Å². The van der Waals surface area contributed by atoms with Crippen molar-refractivity contribution in [1.29, 1.82) is 0 Å². The Hall–Kier alpha value is -3.78. The second-order valence-corrected chi connectivity index (χ2v) is 7.86. The molecule has 0 aliphatic heterocycles. The predicted octanol–water partition coefficient (Wildman–Crippen LogP) is 4.43. The summed E-state index contributed by atoms with van der Waals surface area (Å²) < 4.78 is 6.92. The zero-order valence-electron chi connectivity index (χ0n) is 16.6. The third-order valence-corrected chi connectivity index (χ3v) is 5.62. The minimum absolute atomic E-state index is 0.164. The summed E-state index contributed by atoms with van der Waals surface area (Å²) in [6, 6.07) is 20.6. The number of rotatable bonds is 5. The van der Waals surface area contributed by atoms with Crippen LogP contribution in [-0.4, -0.2) is 24.7 Å². The third kappa shape index (κ3) is 3.85. The van der Waals surface area contributed by atoms with Crippen molar-refractivity contribution in [2.45, 2.75) is 17.8 Å². The van der Waals surface area contributed by atoms with E-state index < -0.39 is 0 Å². The molecule has 3 aromatic heterocycles. The van der Waals surface area contributed by atoms with Gasteiger partial charge in [0.05, 0.1) is 16.7 Å². The standard InChI is InChI=1S/C23H17N5O2S/c1-15-11-12-20(24-13-15)28-22(29)17-9-5-6-10-18(17)25-23(28)31-14-19-26-21(30-27-19)16-7-3-2-4-8-16/h2-13H,14H2,1H3. The summed E-state index contributed by atoms with van der Waals surface area (Å²) in [5.74, 6) is 1.90. The SMILES string of the molecule is Cc1ccc(-n2c(SCc3noc(-c4ccccc4)n3)nc3ccccc3c2=O)nc1. The molecule has 0 bridgehead atoms. The number of aromatic nitrogens is 5. The lowest BCUT2D eigenvalue weighted by Crippen LogP contribution is -2.22. The molecule has 0 saturated carbocycles. The van der Waals surface area contributed by atoms with Crippen LogP contribution in [0.25, 0.3) is 28.2 Å². The lowest BCUT2D eigenvalue weighted by Gasteiger charge is -2.12.